The van der Waals surface area contributed by atoms with Gasteiger partial charge in [-0.05, 0) is 25.1 Å². The lowest BCUT2D eigenvalue weighted by molar-refractivity contribution is 0.937. The molecule has 0 aliphatic heterocycles. The molecule has 5 nitrogen and oxygen atoms in total. The number of hydrogen-bond donors (Lipinski definition) is 2. The van der Waals surface area contributed by atoms with E-state index in [-0.39, 0.29) is 0 Å². The fourth-order valence-corrected chi connectivity index (χ4v) is 2.54. The van der Waals surface area contributed by atoms with Crippen molar-refractivity contribution in [1.82, 2.24) is 14.6 Å². The molecule has 0 unspecified atom stereocenters. The summed E-state index contributed by atoms with van der Waals surface area (Å²) in [7, 11) is 0. The van der Waals surface area contributed by atoms with Crippen molar-refractivity contribution in [2.24, 2.45) is 0 Å². The molecule has 0 aliphatic carbocycles. The van der Waals surface area contributed by atoms with E-state index in [2.05, 4.69) is 25.9 Å². The van der Waals surface area contributed by atoms with Gasteiger partial charge in [0.15, 0.2) is 5.82 Å². The molecule has 0 spiro atoms. The summed E-state index contributed by atoms with van der Waals surface area (Å²) >= 11 is 3.52. The molecule has 0 fully saturated rings. The predicted molar refractivity (Wildman–Crippen MR) is 80.0 cm³/mol. The zero-order chi connectivity index (χ0) is 13.6. The molecule has 2 heterocycles. The molecule has 0 amide bonds. The number of halogens is 1. The van der Waals surface area contributed by atoms with E-state index in [0.29, 0.717) is 17.3 Å². The zero-order valence-corrected chi connectivity index (χ0v) is 11.8. The molecule has 6 heteroatoms. The Morgan fingerprint density at radius 1 is 1.26 bits per heavy atom. The lowest BCUT2D eigenvalue weighted by Gasteiger charge is -2.06. The lowest BCUT2D eigenvalue weighted by Crippen LogP contribution is -2.13. The Morgan fingerprint density at radius 2 is 2.05 bits per heavy atom. The Bertz CT molecular complexity index is 778. The number of pyridine rings is 1. The second kappa shape index (κ2) is 4.24. The molecule has 19 heavy (non-hydrogen) atoms. The molecule has 0 saturated heterocycles. The standard InChI is InChI=1S/C13H12BrN5/c1-7-18-12(13(15)19(7)16)9-4-5-10(14)8-3-2-6-17-11(8)9/h2-6H,15-16H2,1H3. The highest BCUT2D eigenvalue weighted by molar-refractivity contribution is 9.10. The summed E-state index contributed by atoms with van der Waals surface area (Å²) in [5.41, 5.74) is 8.39. The number of anilines is 1. The van der Waals surface area contributed by atoms with Crippen LogP contribution < -0.4 is 11.6 Å². The van der Waals surface area contributed by atoms with E-state index >= 15 is 0 Å². The monoisotopic (exact) mass is 317 g/mol. The molecule has 0 bridgehead atoms. The first-order valence-electron chi connectivity index (χ1n) is 5.73. The molecular weight excluding hydrogens is 306 g/mol. The number of fused-ring (bicyclic) bond motifs is 1. The van der Waals surface area contributed by atoms with Crippen LogP contribution in [0.3, 0.4) is 0 Å². The van der Waals surface area contributed by atoms with Gasteiger partial charge in [0.25, 0.3) is 0 Å². The normalized spacial score (nSPS) is 11.1. The summed E-state index contributed by atoms with van der Waals surface area (Å²) < 4.78 is 2.37. The third kappa shape index (κ3) is 1.76. The van der Waals surface area contributed by atoms with E-state index in [1.54, 1.807) is 6.20 Å². The van der Waals surface area contributed by atoms with Gasteiger partial charge in [-0.15, -0.1) is 0 Å². The quantitative estimate of drug-likeness (QED) is 0.675. The average molecular weight is 318 g/mol. The molecule has 0 atom stereocenters. The van der Waals surface area contributed by atoms with E-state index in [0.717, 1.165) is 20.9 Å². The third-order valence-corrected chi connectivity index (χ3v) is 3.79. The first-order valence-corrected chi connectivity index (χ1v) is 6.52. The molecule has 3 rings (SSSR count). The fraction of sp³-hybridized carbons (Fsp3) is 0.0769. The maximum atomic E-state index is 6.00. The Kier molecular flexibility index (Phi) is 2.67. The van der Waals surface area contributed by atoms with Crippen molar-refractivity contribution in [2.45, 2.75) is 6.92 Å². The van der Waals surface area contributed by atoms with Crippen LogP contribution in [0.25, 0.3) is 22.2 Å². The highest BCUT2D eigenvalue weighted by atomic mass is 79.9. The molecule has 0 aliphatic rings. The van der Waals surface area contributed by atoms with Gasteiger partial charge >= 0.3 is 0 Å². The zero-order valence-electron chi connectivity index (χ0n) is 10.3. The molecule has 2 aromatic heterocycles. The van der Waals surface area contributed by atoms with Crippen molar-refractivity contribution in [2.75, 3.05) is 11.6 Å². The minimum atomic E-state index is 0.437. The summed E-state index contributed by atoms with van der Waals surface area (Å²) in [5, 5.41) is 1.02. The maximum Gasteiger partial charge on any atom is 0.150 e. The summed E-state index contributed by atoms with van der Waals surface area (Å²) in [4.78, 5) is 8.84. The Labute approximate surface area is 118 Å². The van der Waals surface area contributed by atoms with E-state index in [9.17, 15) is 0 Å². The Morgan fingerprint density at radius 3 is 2.74 bits per heavy atom. The molecular formula is C13H12BrN5. The van der Waals surface area contributed by atoms with Crippen molar-refractivity contribution < 1.29 is 0 Å². The van der Waals surface area contributed by atoms with Crippen LogP contribution >= 0.6 is 15.9 Å². The van der Waals surface area contributed by atoms with E-state index in [1.807, 2.05) is 31.2 Å². The number of benzene rings is 1. The molecule has 1 aromatic carbocycles. The number of hydrogen-bond acceptors (Lipinski definition) is 4. The van der Waals surface area contributed by atoms with Crippen LogP contribution in [-0.2, 0) is 0 Å². The van der Waals surface area contributed by atoms with Crippen molar-refractivity contribution >= 4 is 32.7 Å². The second-order valence-corrected chi connectivity index (χ2v) is 5.11. The predicted octanol–water partition coefficient (Wildman–Crippen LogP) is 2.47. The van der Waals surface area contributed by atoms with Crippen LogP contribution in [0.5, 0.6) is 0 Å². The SMILES string of the molecule is Cc1nc(-c2ccc(Br)c3cccnc23)c(N)n1N. The number of imidazole rings is 1. The lowest BCUT2D eigenvalue weighted by atomic mass is 10.1. The van der Waals surface area contributed by atoms with Crippen molar-refractivity contribution in [1.29, 1.82) is 0 Å². The Balaban J connectivity index is 2.37. The van der Waals surface area contributed by atoms with Gasteiger partial charge in [-0.2, -0.15) is 0 Å². The number of nitrogen functional groups attached to an aromatic ring is 2. The second-order valence-electron chi connectivity index (χ2n) is 4.26. The van der Waals surface area contributed by atoms with Crippen molar-refractivity contribution in [3.8, 4) is 11.3 Å². The smallest absolute Gasteiger partial charge is 0.150 e. The van der Waals surface area contributed by atoms with Crippen LogP contribution in [0, 0.1) is 6.92 Å². The Hall–Kier alpha value is -2.08. The first kappa shape index (κ1) is 12.0. The van der Waals surface area contributed by atoms with Gasteiger partial charge in [0.1, 0.15) is 11.5 Å². The maximum absolute atomic E-state index is 6.00. The topological polar surface area (TPSA) is 82.8 Å². The molecule has 0 radical (unpaired) electrons. The van der Waals surface area contributed by atoms with Crippen LogP contribution in [0.15, 0.2) is 34.9 Å². The third-order valence-electron chi connectivity index (χ3n) is 3.10. The van der Waals surface area contributed by atoms with Gasteiger partial charge in [-0.25, -0.2) is 9.66 Å². The van der Waals surface area contributed by atoms with Crippen molar-refractivity contribution in [3.63, 3.8) is 0 Å². The minimum absolute atomic E-state index is 0.437. The number of aryl methyl sites for hydroxylation is 1. The number of nitrogens with two attached hydrogens (primary N) is 2. The van der Waals surface area contributed by atoms with Crippen LogP contribution in [0.2, 0.25) is 0 Å². The largest absolute Gasteiger partial charge is 0.382 e. The van der Waals surface area contributed by atoms with Gasteiger partial charge in [-0.3, -0.25) is 4.98 Å². The molecule has 3 aromatic rings. The van der Waals surface area contributed by atoms with Crippen LogP contribution in [0.1, 0.15) is 5.82 Å². The minimum Gasteiger partial charge on any atom is -0.382 e. The van der Waals surface area contributed by atoms with Gasteiger partial charge in [0.2, 0.25) is 0 Å². The van der Waals surface area contributed by atoms with E-state index < -0.39 is 0 Å². The molecule has 96 valence electrons. The average Bonchev–Trinajstić information content (AvgIpc) is 2.67. The number of nitrogens with zero attached hydrogens (tertiary/aromatic N) is 3. The molecule has 0 saturated carbocycles. The van der Waals surface area contributed by atoms with Crippen LogP contribution in [0.4, 0.5) is 5.82 Å². The fourth-order valence-electron chi connectivity index (χ4n) is 2.09. The summed E-state index contributed by atoms with van der Waals surface area (Å²) in [5.74, 6) is 6.92. The van der Waals surface area contributed by atoms with Crippen molar-refractivity contribution in [3.05, 3.63) is 40.8 Å². The van der Waals surface area contributed by atoms with Gasteiger partial charge in [-0.1, -0.05) is 22.0 Å². The summed E-state index contributed by atoms with van der Waals surface area (Å²) in [6, 6.07) is 7.80. The molecule has 4 N–H and O–H groups in total. The van der Waals surface area contributed by atoms with Gasteiger partial charge < -0.3 is 11.6 Å². The highest BCUT2D eigenvalue weighted by Crippen LogP contribution is 2.33. The number of aromatic nitrogens is 3. The number of rotatable bonds is 1. The first-order chi connectivity index (χ1) is 9.09. The van der Waals surface area contributed by atoms with Gasteiger partial charge in [0, 0.05) is 21.6 Å². The van der Waals surface area contributed by atoms with E-state index in [4.69, 9.17) is 11.6 Å². The summed E-state index contributed by atoms with van der Waals surface area (Å²) in [6.07, 6.45) is 1.75. The van der Waals surface area contributed by atoms with Gasteiger partial charge in [0.05, 0.1) is 5.52 Å². The highest BCUT2D eigenvalue weighted by Gasteiger charge is 2.15. The van der Waals surface area contributed by atoms with E-state index in [1.165, 1.54) is 4.68 Å². The van der Waals surface area contributed by atoms with Crippen LogP contribution in [-0.4, -0.2) is 14.6 Å². The summed E-state index contributed by atoms with van der Waals surface area (Å²) in [6.45, 7) is 1.81.